The Labute approximate surface area is 131 Å². The van der Waals surface area contributed by atoms with E-state index in [9.17, 15) is 9.59 Å². The zero-order valence-corrected chi connectivity index (χ0v) is 13.0. The molecule has 3 nitrogen and oxygen atoms in total. The van der Waals surface area contributed by atoms with Gasteiger partial charge in [0.05, 0.1) is 6.54 Å². The molecule has 21 heavy (non-hydrogen) atoms. The van der Waals surface area contributed by atoms with E-state index in [4.69, 9.17) is 11.6 Å². The van der Waals surface area contributed by atoms with Crippen molar-refractivity contribution in [1.82, 2.24) is 5.32 Å². The van der Waals surface area contributed by atoms with Crippen molar-refractivity contribution in [3.63, 3.8) is 0 Å². The lowest BCUT2D eigenvalue weighted by Gasteiger charge is -2.20. The number of halogens is 1. The van der Waals surface area contributed by atoms with E-state index in [1.807, 2.05) is 0 Å². The highest BCUT2D eigenvalue weighted by molar-refractivity contribution is 6.31. The van der Waals surface area contributed by atoms with E-state index >= 15 is 0 Å². The van der Waals surface area contributed by atoms with Crippen molar-refractivity contribution < 1.29 is 9.59 Å². The molecule has 0 heterocycles. The van der Waals surface area contributed by atoms with E-state index in [2.05, 4.69) is 5.32 Å². The Morgan fingerprint density at radius 1 is 1.19 bits per heavy atom. The fourth-order valence-electron chi connectivity index (χ4n) is 2.84. The molecule has 0 unspecified atom stereocenters. The molecule has 0 aliphatic heterocycles. The molecule has 2 rings (SSSR count). The van der Waals surface area contributed by atoms with E-state index in [1.165, 1.54) is 32.1 Å². The smallest absolute Gasteiger partial charge is 0.220 e. The first-order valence-electron chi connectivity index (χ1n) is 7.70. The average Bonchev–Trinajstić information content (AvgIpc) is 2.51. The van der Waals surface area contributed by atoms with Crippen molar-refractivity contribution in [3.05, 3.63) is 34.9 Å². The van der Waals surface area contributed by atoms with Gasteiger partial charge in [0.25, 0.3) is 0 Å². The summed E-state index contributed by atoms with van der Waals surface area (Å²) in [6, 6.07) is 6.79. The maximum Gasteiger partial charge on any atom is 0.220 e. The number of carbonyl (C=O) groups excluding carboxylic acids is 2. The van der Waals surface area contributed by atoms with Gasteiger partial charge >= 0.3 is 0 Å². The molecule has 0 aromatic heterocycles. The molecule has 1 saturated carbocycles. The maximum atomic E-state index is 11.9. The first-order valence-corrected chi connectivity index (χ1v) is 8.08. The molecule has 0 radical (unpaired) electrons. The highest BCUT2D eigenvalue weighted by Gasteiger charge is 2.15. The second-order valence-corrected chi connectivity index (χ2v) is 6.19. The van der Waals surface area contributed by atoms with Gasteiger partial charge in [0.1, 0.15) is 0 Å². The van der Waals surface area contributed by atoms with Crippen LogP contribution in [0.4, 0.5) is 0 Å². The van der Waals surface area contributed by atoms with E-state index in [0.29, 0.717) is 22.9 Å². The van der Waals surface area contributed by atoms with Crippen LogP contribution in [0.25, 0.3) is 0 Å². The highest BCUT2D eigenvalue weighted by Crippen LogP contribution is 2.27. The molecule has 4 heteroatoms. The third-order valence-electron chi connectivity index (χ3n) is 4.10. The lowest BCUT2D eigenvalue weighted by atomic mass is 9.86. The SMILES string of the molecule is O=C(CCC1CCCCC1)NCC(=O)c1cccc(Cl)c1. The van der Waals surface area contributed by atoms with Crippen molar-refractivity contribution >= 4 is 23.3 Å². The summed E-state index contributed by atoms with van der Waals surface area (Å²) in [7, 11) is 0. The van der Waals surface area contributed by atoms with E-state index in [1.54, 1.807) is 24.3 Å². The molecule has 0 bridgehead atoms. The topological polar surface area (TPSA) is 46.2 Å². The number of benzene rings is 1. The van der Waals surface area contributed by atoms with Crippen LogP contribution in [-0.4, -0.2) is 18.2 Å². The molecule has 0 atom stereocenters. The number of carbonyl (C=O) groups is 2. The molecule has 114 valence electrons. The predicted molar refractivity (Wildman–Crippen MR) is 84.6 cm³/mol. The van der Waals surface area contributed by atoms with E-state index in [0.717, 1.165) is 6.42 Å². The number of hydrogen-bond acceptors (Lipinski definition) is 2. The number of ketones is 1. The molecule has 1 fully saturated rings. The molecular formula is C17H22ClNO2. The van der Waals surface area contributed by atoms with Gasteiger partial charge in [-0.25, -0.2) is 0 Å². The quantitative estimate of drug-likeness (QED) is 0.807. The van der Waals surface area contributed by atoms with Crippen LogP contribution in [0.1, 0.15) is 55.3 Å². The first-order chi connectivity index (χ1) is 10.1. The number of Topliss-reactive ketones (excluding diaryl/α,β-unsaturated/α-hetero) is 1. The van der Waals surface area contributed by atoms with Gasteiger partial charge in [0.2, 0.25) is 5.91 Å². The summed E-state index contributed by atoms with van der Waals surface area (Å²) in [6.07, 6.45) is 7.87. The Morgan fingerprint density at radius 3 is 2.67 bits per heavy atom. The Kier molecular flexibility index (Phi) is 6.24. The molecule has 1 aromatic carbocycles. The average molecular weight is 308 g/mol. The fraction of sp³-hybridized carbons (Fsp3) is 0.529. The minimum absolute atomic E-state index is 0.0315. The summed E-state index contributed by atoms with van der Waals surface area (Å²) < 4.78 is 0. The summed E-state index contributed by atoms with van der Waals surface area (Å²) in [5.74, 6) is 0.549. The molecule has 0 saturated heterocycles. The van der Waals surface area contributed by atoms with Crippen LogP contribution in [0.2, 0.25) is 5.02 Å². The zero-order chi connectivity index (χ0) is 15.1. The van der Waals surface area contributed by atoms with Crippen LogP contribution in [0, 0.1) is 5.92 Å². The molecule has 0 spiro atoms. The molecule has 1 aromatic rings. The molecular weight excluding hydrogens is 286 g/mol. The monoisotopic (exact) mass is 307 g/mol. The van der Waals surface area contributed by atoms with Gasteiger partial charge in [0.15, 0.2) is 5.78 Å². The first kappa shape index (κ1) is 16.0. The van der Waals surface area contributed by atoms with Crippen LogP contribution in [0.3, 0.4) is 0 Å². The van der Waals surface area contributed by atoms with Gasteiger partial charge in [-0.1, -0.05) is 55.8 Å². The van der Waals surface area contributed by atoms with Gasteiger partial charge in [-0.05, 0) is 24.5 Å². The number of nitrogens with one attached hydrogen (secondary N) is 1. The van der Waals surface area contributed by atoms with Gasteiger partial charge in [-0.3, -0.25) is 9.59 Å². The third kappa shape index (κ3) is 5.50. The van der Waals surface area contributed by atoms with Crippen molar-refractivity contribution in [2.45, 2.75) is 44.9 Å². The molecule has 1 aliphatic rings. The zero-order valence-electron chi connectivity index (χ0n) is 12.2. The summed E-state index contributed by atoms with van der Waals surface area (Å²) in [5, 5.41) is 3.24. The van der Waals surface area contributed by atoms with E-state index in [-0.39, 0.29) is 18.2 Å². The highest BCUT2D eigenvalue weighted by atomic mass is 35.5. The third-order valence-corrected chi connectivity index (χ3v) is 4.33. The molecule has 1 N–H and O–H groups in total. The van der Waals surface area contributed by atoms with Crippen LogP contribution in [0.5, 0.6) is 0 Å². The Hall–Kier alpha value is -1.35. The largest absolute Gasteiger partial charge is 0.349 e. The van der Waals surface area contributed by atoms with Gasteiger partial charge in [0, 0.05) is 17.0 Å². The number of amides is 1. The number of rotatable bonds is 6. The van der Waals surface area contributed by atoms with Crippen LogP contribution in [-0.2, 0) is 4.79 Å². The van der Waals surface area contributed by atoms with Crippen LogP contribution < -0.4 is 5.32 Å². The molecule has 1 amide bonds. The van der Waals surface area contributed by atoms with Gasteiger partial charge < -0.3 is 5.32 Å². The Morgan fingerprint density at radius 2 is 1.95 bits per heavy atom. The standard InChI is InChI=1S/C17H22ClNO2/c18-15-8-4-7-14(11-15)16(20)12-19-17(21)10-9-13-5-2-1-3-6-13/h4,7-8,11,13H,1-3,5-6,9-10,12H2,(H,19,21). The van der Waals surface area contributed by atoms with Crippen LogP contribution in [0.15, 0.2) is 24.3 Å². The summed E-state index contributed by atoms with van der Waals surface area (Å²) in [5.41, 5.74) is 0.537. The lowest BCUT2D eigenvalue weighted by molar-refractivity contribution is -0.121. The fourth-order valence-corrected chi connectivity index (χ4v) is 3.03. The van der Waals surface area contributed by atoms with Crippen molar-refractivity contribution in [3.8, 4) is 0 Å². The Bertz CT molecular complexity index is 495. The molecule has 1 aliphatic carbocycles. The summed E-state index contributed by atoms with van der Waals surface area (Å²) in [6.45, 7) is 0.0455. The normalized spacial score (nSPS) is 15.7. The Balaban J connectivity index is 1.69. The van der Waals surface area contributed by atoms with Gasteiger partial charge in [-0.15, -0.1) is 0 Å². The van der Waals surface area contributed by atoms with Crippen LogP contribution >= 0.6 is 11.6 Å². The number of hydrogen-bond donors (Lipinski definition) is 1. The summed E-state index contributed by atoms with van der Waals surface area (Å²) >= 11 is 5.85. The minimum Gasteiger partial charge on any atom is -0.349 e. The second-order valence-electron chi connectivity index (χ2n) is 5.75. The summed E-state index contributed by atoms with van der Waals surface area (Å²) in [4.78, 5) is 23.7. The minimum atomic E-state index is -0.108. The van der Waals surface area contributed by atoms with Gasteiger partial charge in [-0.2, -0.15) is 0 Å². The van der Waals surface area contributed by atoms with Crippen molar-refractivity contribution in [1.29, 1.82) is 0 Å². The predicted octanol–water partition coefficient (Wildman–Crippen LogP) is 4.00. The van der Waals surface area contributed by atoms with Crippen molar-refractivity contribution in [2.75, 3.05) is 6.54 Å². The lowest BCUT2D eigenvalue weighted by Crippen LogP contribution is -2.29. The van der Waals surface area contributed by atoms with E-state index < -0.39 is 0 Å². The maximum absolute atomic E-state index is 11.9. The van der Waals surface area contributed by atoms with Crippen molar-refractivity contribution in [2.24, 2.45) is 5.92 Å². The second kappa shape index (κ2) is 8.18.